The van der Waals surface area contributed by atoms with Gasteiger partial charge in [-0.3, -0.25) is 0 Å². The Balaban J connectivity index is 1.77. The number of halogens is 1. The molecule has 1 aromatic heterocycles. The lowest BCUT2D eigenvalue weighted by atomic mass is 10.00. The molecule has 1 aliphatic rings. The minimum absolute atomic E-state index is 0.0483. The van der Waals surface area contributed by atoms with Crippen molar-refractivity contribution in [3.63, 3.8) is 0 Å². The molecular weight excluding hydrogens is 322 g/mol. The van der Waals surface area contributed by atoms with Crippen LogP contribution in [0.5, 0.6) is 0 Å². The highest BCUT2D eigenvalue weighted by atomic mass is 35.5. The maximum Gasteiger partial charge on any atom is 0.248 e. The van der Waals surface area contributed by atoms with Gasteiger partial charge >= 0.3 is 0 Å². The Morgan fingerprint density at radius 2 is 1.83 bits per heavy atom. The fraction of sp³-hybridized carbons (Fsp3) is 0.167. The van der Waals surface area contributed by atoms with E-state index in [0.29, 0.717) is 11.0 Å². The SMILES string of the molecule is CCc1ccc(C2C=C(c3ccc(Cl)cc3)Nc3nnnn32)cc1. The summed E-state index contributed by atoms with van der Waals surface area (Å²) in [5.41, 5.74) is 4.47. The van der Waals surface area contributed by atoms with Gasteiger partial charge in [-0.2, -0.15) is 4.68 Å². The van der Waals surface area contributed by atoms with Gasteiger partial charge in [0, 0.05) is 10.7 Å². The number of nitrogens with zero attached hydrogens (tertiary/aromatic N) is 4. The van der Waals surface area contributed by atoms with E-state index in [1.165, 1.54) is 5.56 Å². The van der Waals surface area contributed by atoms with Crippen LogP contribution in [0.4, 0.5) is 5.95 Å². The summed E-state index contributed by atoms with van der Waals surface area (Å²) in [6.45, 7) is 2.15. The highest BCUT2D eigenvalue weighted by Gasteiger charge is 2.24. The monoisotopic (exact) mass is 337 g/mol. The first kappa shape index (κ1) is 14.9. The molecule has 1 N–H and O–H groups in total. The minimum atomic E-state index is -0.0483. The van der Waals surface area contributed by atoms with Crippen LogP contribution < -0.4 is 5.32 Å². The normalized spacial score (nSPS) is 16.2. The number of fused-ring (bicyclic) bond motifs is 1. The van der Waals surface area contributed by atoms with Crippen LogP contribution in [0.1, 0.15) is 29.7 Å². The van der Waals surface area contributed by atoms with Crippen molar-refractivity contribution in [2.45, 2.75) is 19.4 Å². The Morgan fingerprint density at radius 1 is 1.08 bits per heavy atom. The molecule has 0 amide bonds. The van der Waals surface area contributed by atoms with Crippen molar-refractivity contribution in [1.82, 2.24) is 20.2 Å². The molecule has 1 aliphatic heterocycles. The van der Waals surface area contributed by atoms with Gasteiger partial charge in [0.25, 0.3) is 0 Å². The molecule has 1 unspecified atom stereocenters. The lowest BCUT2D eigenvalue weighted by molar-refractivity contribution is 0.585. The summed E-state index contributed by atoms with van der Waals surface area (Å²) in [6.07, 6.45) is 3.15. The molecule has 2 aromatic carbocycles. The molecule has 24 heavy (non-hydrogen) atoms. The molecule has 120 valence electrons. The topological polar surface area (TPSA) is 55.6 Å². The molecular formula is C18H16ClN5. The van der Waals surface area contributed by atoms with E-state index in [1.54, 1.807) is 4.68 Å². The molecule has 0 saturated carbocycles. The van der Waals surface area contributed by atoms with Crippen LogP contribution in [-0.2, 0) is 6.42 Å². The molecule has 3 aromatic rings. The van der Waals surface area contributed by atoms with Crippen molar-refractivity contribution in [1.29, 1.82) is 0 Å². The average Bonchev–Trinajstić information content (AvgIpc) is 3.10. The molecule has 6 heteroatoms. The average molecular weight is 338 g/mol. The number of hydrogen-bond acceptors (Lipinski definition) is 4. The number of aryl methyl sites for hydroxylation is 1. The number of tetrazole rings is 1. The van der Waals surface area contributed by atoms with Crippen molar-refractivity contribution in [3.05, 3.63) is 76.3 Å². The number of aromatic nitrogens is 4. The van der Waals surface area contributed by atoms with Crippen LogP contribution in [-0.4, -0.2) is 20.2 Å². The molecule has 0 spiro atoms. The Morgan fingerprint density at radius 3 is 2.54 bits per heavy atom. The Hall–Kier alpha value is -2.66. The molecule has 0 fully saturated rings. The zero-order valence-electron chi connectivity index (χ0n) is 13.1. The van der Waals surface area contributed by atoms with Crippen LogP contribution in [0.15, 0.2) is 54.6 Å². The predicted octanol–water partition coefficient (Wildman–Crippen LogP) is 3.94. The second-order valence-corrected chi connectivity index (χ2v) is 6.14. The van der Waals surface area contributed by atoms with Crippen molar-refractivity contribution in [3.8, 4) is 0 Å². The van der Waals surface area contributed by atoms with Crippen LogP contribution in [0.2, 0.25) is 5.02 Å². The van der Waals surface area contributed by atoms with Gasteiger partial charge in [0.05, 0.1) is 0 Å². The number of benzene rings is 2. The largest absolute Gasteiger partial charge is 0.323 e. The van der Waals surface area contributed by atoms with E-state index in [0.717, 1.165) is 23.2 Å². The Kier molecular flexibility index (Phi) is 3.78. The molecule has 4 rings (SSSR count). The fourth-order valence-corrected chi connectivity index (χ4v) is 2.97. The maximum absolute atomic E-state index is 5.99. The molecule has 5 nitrogen and oxygen atoms in total. The standard InChI is InChI=1S/C18H16ClN5/c1-2-12-3-5-14(6-4-12)17-11-16(13-7-9-15(19)10-8-13)20-18-21-22-23-24(17)18/h3-11,17H,2H2,1H3,(H,20,21,23). The van der Waals surface area contributed by atoms with E-state index in [1.807, 2.05) is 24.3 Å². The van der Waals surface area contributed by atoms with Crippen LogP contribution in [0, 0.1) is 0 Å². The number of hydrogen-bond donors (Lipinski definition) is 1. The van der Waals surface area contributed by atoms with Gasteiger partial charge in [-0.25, -0.2) is 0 Å². The first-order valence-corrected chi connectivity index (χ1v) is 8.24. The number of nitrogens with one attached hydrogen (secondary N) is 1. The van der Waals surface area contributed by atoms with Crippen LogP contribution in [0.25, 0.3) is 5.70 Å². The van der Waals surface area contributed by atoms with Gasteiger partial charge in [0.15, 0.2) is 0 Å². The third-order valence-electron chi connectivity index (χ3n) is 4.21. The van der Waals surface area contributed by atoms with Gasteiger partial charge in [0.2, 0.25) is 5.95 Å². The summed E-state index contributed by atoms with van der Waals surface area (Å²) in [5.74, 6) is 0.631. The van der Waals surface area contributed by atoms with Crippen LogP contribution in [0.3, 0.4) is 0 Å². The summed E-state index contributed by atoms with van der Waals surface area (Å²) in [5, 5.41) is 16.0. The van der Waals surface area contributed by atoms with Gasteiger partial charge in [-0.1, -0.05) is 60.0 Å². The smallest absolute Gasteiger partial charge is 0.248 e. The lowest BCUT2D eigenvalue weighted by Crippen LogP contribution is -2.20. The summed E-state index contributed by atoms with van der Waals surface area (Å²) >= 11 is 5.99. The Bertz CT molecular complexity index is 881. The first-order valence-electron chi connectivity index (χ1n) is 7.86. The summed E-state index contributed by atoms with van der Waals surface area (Å²) in [6, 6.07) is 16.2. The van der Waals surface area contributed by atoms with E-state index < -0.39 is 0 Å². The summed E-state index contributed by atoms with van der Waals surface area (Å²) in [7, 11) is 0. The number of rotatable bonds is 3. The minimum Gasteiger partial charge on any atom is -0.323 e. The quantitative estimate of drug-likeness (QED) is 0.786. The van der Waals surface area contributed by atoms with E-state index in [9.17, 15) is 0 Å². The number of allylic oxidation sites excluding steroid dienone is 1. The Labute approximate surface area is 145 Å². The molecule has 2 heterocycles. The number of anilines is 1. The van der Waals surface area contributed by atoms with Crippen molar-refractivity contribution >= 4 is 23.2 Å². The lowest BCUT2D eigenvalue weighted by Gasteiger charge is -2.23. The second kappa shape index (κ2) is 6.09. The van der Waals surface area contributed by atoms with E-state index in [4.69, 9.17) is 11.6 Å². The van der Waals surface area contributed by atoms with Gasteiger partial charge < -0.3 is 5.32 Å². The first-order chi connectivity index (χ1) is 11.7. The van der Waals surface area contributed by atoms with Crippen molar-refractivity contribution in [2.75, 3.05) is 5.32 Å². The maximum atomic E-state index is 5.99. The van der Waals surface area contributed by atoms with Crippen molar-refractivity contribution < 1.29 is 0 Å². The van der Waals surface area contributed by atoms with E-state index in [-0.39, 0.29) is 6.04 Å². The van der Waals surface area contributed by atoms with Crippen molar-refractivity contribution in [2.24, 2.45) is 0 Å². The fourth-order valence-electron chi connectivity index (χ4n) is 2.84. The molecule has 1 atom stereocenters. The third-order valence-corrected chi connectivity index (χ3v) is 4.46. The highest BCUT2D eigenvalue weighted by molar-refractivity contribution is 6.30. The van der Waals surface area contributed by atoms with Gasteiger partial charge in [-0.15, -0.1) is 0 Å². The van der Waals surface area contributed by atoms with Crippen LogP contribution >= 0.6 is 11.6 Å². The molecule has 0 radical (unpaired) electrons. The molecule has 0 aliphatic carbocycles. The van der Waals surface area contributed by atoms with Gasteiger partial charge in [0.1, 0.15) is 6.04 Å². The zero-order valence-corrected chi connectivity index (χ0v) is 13.9. The summed E-state index contributed by atoms with van der Waals surface area (Å²) < 4.78 is 1.79. The molecule has 0 bridgehead atoms. The predicted molar refractivity (Wildman–Crippen MR) is 94.8 cm³/mol. The second-order valence-electron chi connectivity index (χ2n) is 5.70. The zero-order chi connectivity index (χ0) is 16.5. The third kappa shape index (κ3) is 2.67. The highest BCUT2D eigenvalue weighted by Crippen LogP contribution is 2.31. The van der Waals surface area contributed by atoms with Gasteiger partial charge in [-0.05, 0) is 51.7 Å². The van der Waals surface area contributed by atoms with E-state index in [2.05, 4.69) is 58.1 Å². The van der Waals surface area contributed by atoms with E-state index >= 15 is 0 Å². The molecule has 0 saturated heterocycles. The summed E-state index contributed by atoms with van der Waals surface area (Å²) in [4.78, 5) is 0.